The van der Waals surface area contributed by atoms with E-state index in [0.717, 1.165) is 5.56 Å². The van der Waals surface area contributed by atoms with Crippen LogP contribution < -0.4 is 5.73 Å². The van der Waals surface area contributed by atoms with Crippen molar-refractivity contribution in [2.75, 3.05) is 6.54 Å². The fourth-order valence-electron chi connectivity index (χ4n) is 1.21. The molecule has 3 heteroatoms. The van der Waals surface area contributed by atoms with Gasteiger partial charge in [0.1, 0.15) is 6.10 Å². The van der Waals surface area contributed by atoms with Crippen molar-refractivity contribution in [3.8, 4) is 0 Å². The predicted octanol–water partition coefficient (Wildman–Crippen LogP) is 0.348. The monoisotopic (exact) mass is 181 g/mol. The van der Waals surface area contributed by atoms with Crippen LogP contribution in [-0.2, 0) is 0 Å². The number of hydrogen-bond acceptors (Lipinski definition) is 3. The molecule has 0 amide bonds. The van der Waals surface area contributed by atoms with Gasteiger partial charge in [-0.25, -0.2) is 0 Å². The largest absolute Gasteiger partial charge is 0.389 e. The molecule has 0 spiro atoms. The molecule has 72 valence electrons. The molecule has 13 heavy (non-hydrogen) atoms. The molecule has 0 saturated carbocycles. The Bertz CT molecular complexity index is 275. The van der Waals surface area contributed by atoms with E-state index in [-0.39, 0.29) is 6.54 Å². The van der Waals surface area contributed by atoms with Crippen LogP contribution >= 0.6 is 0 Å². The van der Waals surface area contributed by atoms with Gasteiger partial charge in [-0.15, -0.1) is 0 Å². The van der Waals surface area contributed by atoms with Crippen LogP contribution in [0.15, 0.2) is 24.3 Å². The molecule has 3 nitrogen and oxygen atoms in total. The van der Waals surface area contributed by atoms with Gasteiger partial charge in [-0.1, -0.05) is 29.8 Å². The van der Waals surface area contributed by atoms with Gasteiger partial charge >= 0.3 is 0 Å². The minimum absolute atomic E-state index is 0.0646. The Morgan fingerprint density at radius 2 is 2.08 bits per heavy atom. The van der Waals surface area contributed by atoms with E-state index >= 15 is 0 Å². The van der Waals surface area contributed by atoms with Crippen molar-refractivity contribution in [1.29, 1.82) is 0 Å². The summed E-state index contributed by atoms with van der Waals surface area (Å²) in [7, 11) is 0. The van der Waals surface area contributed by atoms with Crippen molar-refractivity contribution in [2.45, 2.75) is 19.1 Å². The molecular formula is C10H15NO2. The minimum Gasteiger partial charge on any atom is -0.389 e. The number of nitrogens with two attached hydrogens (primary N) is 1. The van der Waals surface area contributed by atoms with E-state index < -0.39 is 12.2 Å². The Morgan fingerprint density at radius 3 is 2.62 bits per heavy atom. The highest BCUT2D eigenvalue weighted by Crippen LogP contribution is 2.17. The highest BCUT2D eigenvalue weighted by atomic mass is 16.3. The fourth-order valence-corrected chi connectivity index (χ4v) is 1.21. The Morgan fingerprint density at radius 1 is 1.38 bits per heavy atom. The molecule has 0 fully saturated rings. The van der Waals surface area contributed by atoms with Crippen molar-refractivity contribution in [1.82, 2.24) is 0 Å². The first-order valence-corrected chi connectivity index (χ1v) is 4.28. The summed E-state index contributed by atoms with van der Waals surface area (Å²) in [6.07, 6.45) is -1.77. The van der Waals surface area contributed by atoms with Gasteiger partial charge in [0, 0.05) is 6.54 Å². The Kier molecular flexibility index (Phi) is 3.42. The van der Waals surface area contributed by atoms with Gasteiger partial charge in [0.05, 0.1) is 6.10 Å². The first-order valence-electron chi connectivity index (χ1n) is 4.28. The molecule has 4 N–H and O–H groups in total. The van der Waals surface area contributed by atoms with E-state index in [1.807, 2.05) is 25.1 Å². The van der Waals surface area contributed by atoms with Crippen LogP contribution in [0.2, 0.25) is 0 Å². The second-order valence-electron chi connectivity index (χ2n) is 3.16. The molecule has 0 radical (unpaired) electrons. The number of rotatable bonds is 3. The van der Waals surface area contributed by atoms with Gasteiger partial charge in [-0.3, -0.25) is 0 Å². The number of benzene rings is 1. The molecule has 0 saturated heterocycles. The lowest BCUT2D eigenvalue weighted by molar-refractivity contribution is 0.0243. The maximum atomic E-state index is 9.58. The fraction of sp³-hybridized carbons (Fsp3) is 0.400. The van der Waals surface area contributed by atoms with Crippen LogP contribution in [0.3, 0.4) is 0 Å². The molecule has 0 heterocycles. The third-order valence-electron chi connectivity index (χ3n) is 1.99. The van der Waals surface area contributed by atoms with Crippen LogP contribution in [0.1, 0.15) is 17.2 Å². The maximum absolute atomic E-state index is 9.58. The van der Waals surface area contributed by atoms with E-state index in [0.29, 0.717) is 5.56 Å². The molecular weight excluding hydrogens is 166 g/mol. The van der Waals surface area contributed by atoms with Gasteiger partial charge in [0.2, 0.25) is 0 Å². The van der Waals surface area contributed by atoms with Crippen LogP contribution in [0.5, 0.6) is 0 Å². The summed E-state index contributed by atoms with van der Waals surface area (Å²) in [6, 6.07) is 7.39. The molecule has 2 atom stereocenters. The summed E-state index contributed by atoms with van der Waals surface area (Å²) < 4.78 is 0. The number of hydrogen-bond donors (Lipinski definition) is 3. The molecule has 2 unspecified atom stereocenters. The zero-order valence-electron chi connectivity index (χ0n) is 7.64. The van der Waals surface area contributed by atoms with Gasteiger partial charge in [-0.05, 0) is 12.5 Å². The first kappa shape index (κ1) is 10.2. The molecule has 1 aromatic carbocycles. The van der Waals surface area contributed by atoms with E-state index in [9.17, 15) is 10.2 Å². The summed E-state index contributed by atoms with van der Waals surface area (Å²) in [5, 5.41) is 18.9. The van der Waals surface area contributed by atoms with Crippen molar-refractivity contribution in [3.05, 3.63) is 35.4 Å². The van der Waals surface area contributed by atoms with E-state index in [4.69, 9.17) is 5.73 Å². The molecule has 0 aliphatic rings. The van der Waals surface area contributed by atoms with Crippen molar-refractivity contribution < 1.29 is 10.2 Å². The van der Waals surface area contributed by atoms with E-state index in [2.05, 4.69) is 0 Å². The lowest BCUT2D eigenvalue weighted by Crippen LogP contribution is -2.27. The number of aliphatic hydroxyl groups is 2. The summed E-state index contributed by atoms with van der Waals surface area (Å²) in [5.41, 5.74) is 7.00. The Hall–Kier alpha value is -0.900. The predicted molar refractivity (Wildman–Crippen MR) is 51.2 cm³/mol. The van der Waals surface area contributed by atoms with Crippen molar-refractivity contribution in [3.63, 3.8) is 0 Å². The second kappa shape index (κ2) is 4.37. The summed E-state index contributed by atoms with van der Waals surface area (Å²) in [4.78, 5) is 0. The highest BCUT2D eigenvalue weighted by Gasteiger charge is 2.16. The zero-order chi connectivity index (χ0) is 9.84. The van der Waals surface area contributed by atoms with E-state index in [1.54, 1.807) is 6.07 Å². The maximum Gasteiger partial charge on any atom is 0.106 e. The molecule has 1 aromatic rings. The summed E-state index contributed by atoms with van der Waals surface area (Å²) >= 11 is 0. The summed E-state index contributed by atoms with van der Waals surface area (Å²) in [5.74, 6) is 0. The minimum atomic E-state index is -0.887. The standard InChI is InChI=1S/C10H15NO2/c1-7-3-2-4-8(5-7)10(13)9(12)6-11/h2-5,9-10,12-13H,6,11H2,1H3. The quantitative estimate of drug-likeness (QED) is 0.630. The van der Waals surface area contributed by atoms with Crippen LogP contribution in [0.25, 0.3) is 0 Å². The molecule has 0 aliphatic heterocycles. The van der Waals surface area contributed by atoms with Crippen LogP contribution in [0.4, 0.5) is 0 Å². The average Bonchev–Trinajstić information content (AvgIpc) is 2.15. The topological polar surface area (TPSA) is 66.5 Å². The molecule has 1 rings (SSSR count). The average molecular weight is 181 g/mol. The van der Waals surface area contributed by atoms with Gasteiger partial charge < -0.3 is 15.9 Å². The number of aryl methyl sites for hydroxylation is 1. The Labute approximate surface area is 77.8 Å². The van der Waals surface area contributed by atoms with Gasteiger partial charge in [-0.2, -0.15) is 0 Å². The normalized spacial score (nSPS) is 15.4. The zero-order valence-corrected chi connectivity index (χ0v) is 7.64. The third kappa shape index (κ3) is 2.52. The first-order chi connectivity index (χ1) is 6.15. The van der Waals surface area contributed by atoms with Crippen molar-refractivity contribution >= 4 is 0 Å². The smallest absolute Gasteiger partial charge is 0.106 e. The molecule has 0 bridgehead atoms. The second-order valence-corrected chi connectivity index (χ2v) is 3.16. The third-order valence-corrected chi connectivity index (χ3v) is 1.99. The SMILES string of the molecule is Cc1cccc(C(O)C(O)CN)c1. The Balaban J connectivity index is 2.82. The molecule has 0 aliphatic carbocycles. The highest BCUT2D eigenvalue weighted by molar-refractivity contribution is 5.24. The van der Waals surface area contributed by atoms with Crippen molar-refractivity contribution in [2.24, 2.45) is 5.73 Å². The number of aliphatic hydroxyl groups excluding tert-OH is 2. The van der Waals surface area contributed by atoms with Gasteiger partial charge in [0.25, 0.3) is 0 Å². The van der Waals surface area contributed by atoms with Crippen LogP contribution in [0, 0.1) is 6.92 Å². The molecule has 0 aromatic heterocycles. The lowest BCUT2D eigenvalue weighted by atomic mass is 10.0. The van der Waals surface area contributed by atoms with Gasteiger partial charge in [0.15, 0.2) is 0 Å². The van der Waals surface area contributed by atoms with E-state index in [1.165, 1.54) is 0 Å². The lowest BCUT2D eigenvalue weighted by Gasteiger charge is -2.16. The van der Waals surface area contributed by atoms with Crippen LogP contribution in [-0.4, -0.2) is 22.9 Å². The summed E-state index contributed by atoms with van der Waals surface area (Å²) in [6.45, 7) is 2.00.